The number of hydrogen-bond acceptors (Lipinski definition) is 5. The average molecular weight is 419 g/mol. The molecule has 1 atom stereocenters. The SMILES string of the molecule is COc1ccc(OC)c(C(=O)C2CC(=O)Nc3c2c(C)nn3-c2cc(C)cc(C)c2)c1. The van der Waals surface area contributed by atoms with Crippen LogP contribution in [0.3, 0.4) is 0 Å². The van der Waals surface area contributed by atoms with Gasteiger partial charge in [0.05, 0.1) is 37.1 Å². The molecule has 160 valence electrons. The summed E-state index contributed by atoms with van der Waals surface area (Å²) in [5.74, 6) is 0.446. The fourth-order valence-electron chi connectivity index (χ4n) is 4.23. The van der Waals surface area contributed by atoms with Crippen molar-refractivity contribution in [2.24, 2.45) is 0 Å². The fourth-order valence-corrected chi connectivity index (χ4v) is 4.23. The van der Waals surface area contributed by atoms with Gasteiger partial charge in [0.2, 0.25) is 5.91 Å². The molecule has 4 rings (SSSR count). The van der Waals surface area contributed by atoms with Gasteiger partial charge in [-0.05, 0) is 62.2 Å². The Bertz CT molecular complexity index is 1180. The second-order valence-electron chi connectivity index (χ2n) is 7.84. The third kappa shape index (κ3) is 3.67. The number of benzene rings is 2. The van der Waals surface area contributed by atoms with Crippen LogP contribution in [0.5, 0.6) is 11.5 Å². The summed E-state index contributed by atoms with van der Waals surface area (Å²) in [5.41, 5.74) is 4.84. The van der Waals surface area contributed by atoms with Crippen molar-refractivity contribution in [3.63, 3.8) is 0 Å². The van der Waals surface area contributed by atoms with E-state index in [2.05, 4.69) is 16.5 Å². The smallest absolute Gasteiger partial charge is 0.226 e. The maximum absolute atomic E-state index is 13.6. The number of rotatable bonds is 5. The van der Waals surface area contributed by atoms with Gasteiger partial charge in [-0.15, -0.1) is 0 Å². The van der Waals surface area contributed by atoms with Crippen molar-refractivity contribution in [3.8, 4) is 17.2 Å². The molecule has 1 unspecified atom stereocenters. The van der Waals surface area contributed by atoms with Crippen LogP contribution in [-0.4, -0.2) is 35.7 Å². The summed E-state index contributed by atoms with van der Waals surface area (Å²) in [6.45, 7) is 5.89. The zero-order valence-corrected chi connectivity index (χ0v) is 18.3. The van der Waals surface area contributed by atoms with Gasteiger partial charge in [-0.25, -0.2) is 4.68 Å². The lowest BCUT2D eigenvalue weighted by Gasteiger charge is -2.24. The molecule has 7 nitrogen and oxygen atoms in total. The molecular formula is C24H25N3O4. The van der Waals surface area contributed by atoms with Crippen molar-refractivity contribution >= 4 is 17.5 Å². The maximum Gasteiger partial charge on any atom is 0.226 e. The van der Waals surface area contributed by atoms with Gasteiger partial charge in [0.25, 0.3) is 0 Å². The number of nitrogens with zero attached hydrogens (tertiary/aromatic N) is 2. The molecule has 1 amide bonds. The lowest BCUT2D eigenvalue weighted by Crippen LogP contribution is -2.28. The number of nitrogens with one attached hydrogen (secondary N) is 1. The molecule has 0 spiro atoms. The van der Waals surface area contributed by atoms with E-state index in [1.54, 1.807) is 30.0 Å². The molecule has 0 fully saturated rings. The van der Waals surface area contributed by atoms with E-state index in [0.717, 1.165) is 22.4 Å². The highest BCUT2D eigenvalue weighted by molar-refractivity contribution is 6.09. The van der Waals surface area contributed by atoms with Crippen LogP contribution in [0.25, 0.3) is 5.69 Å². The van der Waals surface area contributed by atoms with Gasteiger partial charge >= 0.3 is 0 Å². The van der Waals surface area contributed by atoms with Crippen molar-refractivity contribution in [1.29, 1.82) is 0 Å². The number of carbonyl (C=O) groups is 2. The summed E-state index contributed by atoms with van der Waals surface area (Å²) in [6.07, 6.45) is 0.0472. The molecule has 2 heterocycles. The molecule has 1 aliphatic rings. The lowest BCUT2D eigenvalue weighted by molar-refractivity contribution is -0.116. The van der Waals surface area contributed by atoms with Gasteiger partial charge in [-0.1, -0.05) is 6.07 Å². The molecule has 0 saturated carbocycles. The maximum atomic E-state index is 13.6. The molecule has 7 heteroatoms. The first-order valence-corrected chi connectivity index (χ1v) is 10.1. The van der Waals surface area contributed by atoms with E-state index in [9.17, 15) is 9.59 Å². The minimum absolute atomic E-state index is 0.0472. The molecule has 0 aliphatic carbocycles. The van der Waals surface area contributed by atoms with Crippen LogP contribution >= 0.6 is 0 Å². The van der Waals surface area contributed by atoms with E-state index in [1.165, 1.54) is 7.11 Å². The summed E-state index contributed by atoms with van der Waals surface area (Å²) in [4.78, 5) is 26.2. The van der Waals surface area contributed by atoms with Crippen molar-refractivity contribution in [2.75, 3.05) is 19.5 Å². The van der Waals surface area contributed by atoms with Crippen LogP contribution in [0.4, 0.5) is 5.82 Å². The first-order chi connectivity index (χ1) is 14.8. The number of fused-ring (bicyclic) bond motifs is 1. The van der Waals surface area contributed by atoms with Crippen LogP contribution in [0.1, 0.15) is 45.1 Å². The highest BCUT2D eigenvalue weighted by Gasteiger charge is 2.37. The minimum atomic E-state index is -0.663. The number of aryl methyl sites for hydroxylation is 3. The van der Waals surface area contributed by atoms with Gasteiger partial charge in [0, 0.05) is 12.0 Å². The Hall–Kier alpha value is -3.61. The Balaban J connectivity index is 1.85. The summed E-state index contributed by atoms with van der Waals surface area (Å²) in [6, 6.07) is 11.2. The third-order valence-electron chi connectivity index (χ3n) is 5.54. The highest BCUT2D eigenvalue weighted by Crippen LogP contribution is 2.40. The van der Waals surface area contributed by atoms with Crippen LogP contribution in [0.15, 0.2) is 36.4 Å². The predicted octanol–water partition coefficient (Wildman–Crippen LogP) is 4.12. The number of aromatic nitrogens is 2. The Morgan fingerprint density at radius 1 is 1.06 bits per heavy atom. The third-order valence-corrected chi connectivity index (χ3v) is 5.54. The molecule has 1 N–H and O–H groups in total. The molecule has 0 saturated heterocycles. The van der Waals surface area contributed by atoms with E-state index < -0.39 is 5.92 Å². The molecule has 3 aromatic rings. The number of ether oxygens (including phenoxy) is 2. The molecule has 1 aromatic heterocycles. The Morgan fingerprint density at radius 3 is 2.42 bits per heavy atom. The zero-order chi connectivity index (χ0) is 22.3. The minimum Gasteiger partial charge on any atom is -0.497 e. The number of hydrogen-bond donors (Lipinski definition) is 1. The number of ketones is 1. The van der Waals surface area contributed by atoms with E-state index in [1.807, 2.05) is 32.9 Å². The molecule has 0 bridgehead atoms. The van der Waals surface area contributed by atoms with Crippen LogP contribution in [0.2, 0.25) is 0 Å². The molecule has 0 radical (unpaired) electrons. The van der Waals surface area contributed by atoms with Gasteiger partial charge in [0.15, 0.2) is 5.78 Å². The number of Topliss-reactive ketones (excluding diaryl/α,β-unsaturated/α-hetero) is 1. The van der Waals surface area contributed by atoms with Crippen LogP contribution < -0.4 is 14.8 Å². The van der Waals surface area contributed by atoms with Gasteiger partial charge in [-0.3, -0.25) is 9.59 Å². The molecule has 1 aliphatic heterocycles. The van der Waals surface area contributed by atoms with Crippen LogP contribution in [0, 0.1) is 20.8 Å². The number of amides is 1. The van der Waals surface area contributed by atoms with Crippen molar-refractivity contribution < 1.29 is 19.1 Å². The lowest BCUT2D eigenvalue weighted by atomic mass is 9.85. The second kappa shape index (κ2) is 7.91. The topological polar surface area (TPSA) is 82.4 Å². The van der Waals surface area contributed by atoms with Crippen LogP contribution in [-0.2, 0) is 4.79 Å². The fraction of sp³-hybridized carbons (Fsp3) is 0.292. The van der Waals surface area contributed by atoms with Crippen molar-refractivity contribution in [1.82, 2.24) is 9.78 Å². The first-order valence-electron chi connectivity index (χ1n) is 10.1. The van der Waals surface area contributed by atoms with Crippen molar-refractivity contribution in [2.45, 2.75) is 33.1 Å². The summed E-state index contributed by atoms with van der Waals surface area (Å²) >= 11 is 0. The predicted molar refractivity (Wildman–Crippen MR) is 118 cm³/mol. The number of anilines is 1. The van der Waals surface area contributed by atoms with Gasteiger partial charge in [0.1, 0.15) is 17.3 Å². The summed E-state index contributed by atoms with van der Waals surface area (Å²) in [5, 5.41) is 7.60. The second-order valence-corrected chi connectivity index (χ2v) is 7.84. The first kappa shape index (κ1) is 20.7. The summed E-state index contributed by atoms with van der Waals surface area (Å²) in [7, 11) is 3.06. The standard InChI is InChI=1S/C24H25N3O4/c1-13-8-14(2)10-16(9-13)27-24-22(15(3)26-27)19(12-21(28)25-24)23(29)18-11-17(30-4)6-7-20(18)31-5/h6-11,19H,12H2,1-5H3,(H,25,28). The summed E-state index contributed by atoms with van der Waals surface area (Å²) < 4.78 is 12.4. The van der Waals surface area contributed by atoms with E-state index in [4.69, 9.17) is 9.47 Å². The highest BCUT2D eigenvalue weighted by atomic mass is 16.5. The monoisotopic (exact) mass is 419 g/mol. The quantitative estimate of drug-likeness (QED) is 0.629. The average Bonchev–Trinajstić information content (AvgIpc) is 3.07. The molecule has 31 heavy (non-hydrogen) atoms. The number of methoxy groups -OCH3 is 2. The van der Waals surface area contributed by atoms with Gasteiger partial charge in [-0.2, -0.15) is 5.10 Å². The Morgan fingerprint density at radius 2 is 1.77 bits per heavy atom. The Kier molecular flexibility index (Phi) is 5.27. The Labute approximate surface area is 181 Å². The van der Waals surface area contributed by atoms with E-state index >= 15 is 0 Å². The molecule has 2 aromatic carbocycles. The van der Waals surface area contributed by atoms with Crippen molar-refractivity contribution in [3.05, 3.63) is 64.3 Å². The van der Waals surface area contributed by atoms with E-state index in [-0.39, 0.29) is 18.1 Å². The zero-order valence-electron chi connectivity index (χ0n) is 18.3. The molecular weight excluding hydrogens is 394 g/mol. The number of carbonyl (C=O) groups excluding carboxylic acids is 2. The van der Waals surface area contributed by atoms with Gasteiger partial charge < -0.3 is 14.8 Å². The normalized spacial score (nSPS) is 15.3. The largest absolute Gasteiger partial charge is 0.497 e. The van der Waals surface area contributed by atoms with E-state index in [0.29, 0.717) is 28.6 Å².